The predicted octanol–water partition coefficient (Wildman–Crippen LogP) is 0.733. The molecule has 0 radical (unpaired) electrons. The van der Waals surface area contributed by atoms with Gasteiger partial charge in [0.2, 0.25) is 0 Å². The first-order chi connectivity index (χ1) is 7.09. The van der Waals surface area contributed by atoms with Crippen molar-refractivity contribution in [3.05, 3.63) is 35.3 Å². The average Bonchev–Trinajstić information content (AvgIpc) is 2.18. The number of rotatable bonds is 1. The summed E-state index contributed by atoms with van der Waals surface area (Å²) in [5.74, 6) is -0.444. The van der Waals surface area contributed by atoms with E-state index in [-0.39, 0.29) is 0 Å². The molecular formula is C10H13BN2O2. The Labute approximate surface area is 88.8 Å². The Balaban J connectivity index is 2.51. The average molecular weight is 204 g/mol. The molecule has 78 valence electrons. The van der Waals surface area contributed by atoms with Gasteiger partial charge in [0, 0.05) is 5.69 Å². The Morgan fingerprint density at radius 1 is 1.40 bits per heavy atom. The van der Waals surface area contributed by atoms with Crippen LogP contribution in [-0.2, 0) is 0 Å². The van der Waals surface area contributed by atoms with Crippen LogP contribution in [0, 0.1) is 13.8 Å². The van der Waals surface area contributed by atoms with Crippen LogP contribution in [0.5, 0.6) is 0 Å². The maximum atomic E-state index is 9.22. The highest BCUT2D eigenvalue weighted by atomic mass is 16.4. The first-order valence-corrected chi connectivity index (χ1v) is 4.87. The SMILES string of the molecule is Cc1cc2c(nc1C)C(B(O)O)C=CN2. The van der Waals surface area contributed by atoms with Crippen molar-refractivity contribution in [2.75, 3.05) is 5.32 Å². The highest BCUT2D eigenvalue weighted by Gasteiger charge is 2.28. The molecule has 0 fully saturated rings. The van der Waals surface area contributed by atoms with Crippen LogP contribution < -0.4 is 5.32 Å². The quantitative estimate of drug-likeness (QED) is 0.590. The summed E-state index contributed by atoms with van der Waals surface area (Å²) in [6.07, 6.45) is 3.41. The second-order valence-electron chi connectivity index (χ2n) is 3.77. The Morgan fingerprint density at radius 2 is 2.13 bits per heavy atom. The zero-order chi connectivity index (χ0) is 11.0. The van der Waals surface area contributed by atoms with Gasteiger partial charge >= 0.3 is 7.12 Å². The van der Waals surface area contributed by atoms with Crippen molar-refractivity contribution in [1.29, 1.82) is 0 Å². The zero-order valence-corrected chi connectivity index (χ0v) is 8.73. The summed E-state index contributed by atoms with van der Waals surface area (Å²) in [5.41, 5.74) is 3.54. The lowest BCUT2D eigenvalue weighted by Gasteiger charge is -2.21. The maximum absolute atomic E-state index is 9.22. The van der Waals surface area contributed by atoms with Crippen molar-refractivity contribution in [3.63, 3.8) is 0 Å². The molecule has 0 saturated heterocycles. The number of hydrogen-bond donors (Lipinski definition) is 3. The van der Waals surface area contributed by atoms with Crippen LogP contribution in [0.2, 0.25) is 0 Å². The van der Waals surface area contributed by atoms with Crippen LogP contribution in [0.4, 0.5) is 5.69 Å². The lowest BCUT2D eigenvalue weighted by molar-refractivity contribution is 0.396. The minimum absolute atomic E-state index is 0.444. The van der Waals surface area contributed by atoms with Gasteiger partial charge in [0.15, 0.2) is 0 Å². The van der Waals surface area contributed by atoms with Gasteiger partial charge in [-0.3, -0.25) is 4.98 Å². The number of anilines is 1. The van der Waals surface area contributed by atoms with Gasteiger partial charge in [-0.05, 0) is 31.7 Å². The van der Waals surface area contributed by atoms with Gasteiger partial charge in [-0.2, -0.15) is 0 Å². The summed E-state index contributed by atoms with van der Waals surface area (Å²) in [6, 6.07) is 1.97. The summed E-state index contributed by atoms with van der Waals surface area (Å²) >= 11 is 0. The van der Waals surface area contributed by atoms with Crippen LogP contribution in [0.25, 0.3) is 0 Å². The second kappa shape index (κ2) is 3.68. The zero-order valence-electron chi connectivity index (χ0n) is 8.73. The van der Waals surface area contributed by atoms with Crippen LogP contribution >= 0.6 is 0 Å². The molecule has 4 nitrogen and oxygen atoms in total. The normalized spacial score (nSPS) is 18.3. The molecular weight excluding hydrogens is 191 g/mol. The fraction of sp³-hybridized carbons (Fsp3) is 0.300. The Kier molecular flexibility index (Phi) is 2.50. The van der Waals surface area contributed by atoms with Crippen molar-refractivity contribution < 1.29 is 10.0 Å². The molecule has 0 aromatic carbocycles. The Bertz CT molecular complexity index is 418. The van der Waals surface area contributed by atoms with Crippen molar-refractivity contribution >= 4 is 12.8 Å². The number of aromatic nitrogens is 1. The van der Waals surface area contributed by atoms with Gasteiger partial charge in [-0.1, -0.05) is 6.08 Å². The first-order valence-electron chi connectivity index (χ1n) is 4.87. The Morgan fingerprint density at radius 3 is 2.80 bits per heavy atom. The number of hydrogen-bond acceptors (Lipinski definition) is 4. The van der Waals surface area contributed by atoms with Gasteiger partial charge < -0.3 is 15.4 Å². The number of fused-ring (bicyclic) bond motifs is 1. The third-order valence-electron chi connectivity index (χ3n) is 2.67. The van der Waals surface area contributed by atoms with Gasteiger partial charge in [-0.25, -0.2) is 0 Å². The van der Waals surface area contributed by atoms with E-state index in [0.29, 0.717) is 5.69 Å². The lowest BCUT2D eigenvalue weighted by atomic mass is 9.69. The fourth-order valence-corrected chi connectivity index (χ4v) is 1.67. The van der Waals surface area contributed by atoms with E-state index in [2.05, 4.69) is 10.3 Å². The summed E-state index contributed by atoms with van der Waals surface area (Å²) in [7, 11) is -1.41. The molecule has 0 aliphatic carbocycles. The number of pyridine rings is 1. The maximum Gasteiger partial charge on any atom is 0.465 e. The molecule has 0 bridgehead atoms. The predicted molar refractivity (Wildman–Crippen MR) is 59.4 cm³/mol. The van der Waals surface area contributed by atoms with E-state index in [1.807, 2.05) is 19.9 Å². The van der Waals surface area contributed by atoms with Crippen molar-refractivity contribution in [1.82, 2.24) is 4.98 Å². The minimum Gasteiger partial charge on any atom is -0.426 e. The van der Waals surface area contributed by atoms with E-state index < -0.39 is 12.9 Å². The minimum atomic E-state index is -1.41. The van der Waals surface area contributed by atoms with E-state index in [1.54, 1.807) is 12.3 Å². The molecule has 1 atom stereocenters. The molecule has 15 heavy (non-hydrogen) atoms. The summed E-state index contributed by atoms with van der Waals surface area (Å²) in [5, 5.41) is 21.5. The molecule has 0 saturated carbocycles. The molecule has 1 aromatic heterocycles. The second-order valence-corrected chi connectivity index (χ2v) is 3.77. The van der Waals surface area contributed by atoms with E-state index in [1.165, 1.54) is 0 Å². The first kappa shape index (κ1) is 10.2. The molecule has 1 aliphatic heterocycles. The van der Waals surface area contributed by atoms with Crippen LogP contribution in [0.1, 0.15) is 22.8 Å². The summed E-state index contributed by atoms with van der Waals surface area (Å²) < 4.78 is 0. The largest absolute Gasteiger partial charge is 0.465 e. The highest BCUT2D eigenvalue weighted by molar-refractivity contribution is 6.44. The number of allylic oxidation sites excluding steroid dienone is 1. The van der Waals surface area contributed by atoms with E-state index in [0.717, 1.165) is 16.9 Å². The Hall–Kier alpha value is -1.33. The molecule has 0 amide bonds. The van der Waals surface area contributed by atoms with Gasteiger partial charge in [0.05, 0.1) is 17.2 Å². The van der Waals surface area contributed by atoms with Gasteiger partial charge in [-0.15, -0.1) is 0 Å². The van der Waals surface area contributed by atoms with Crippen LogP contribution in [0.15, 0.2) is 18.3 Å². The molecule has 1 aliphatic rings. The summed E-state index contributed by atoms with van der Waals surface area (Å²) in [4.78, 5) is 4.38. The molecule has 0 spiro atoms. The highest BCUT2D eigenvalue weighted by Crippen LogP contribution is 2.29. The number of aryl methyl sites for hydroxylation is 2. The number of nitrogens with zero attached hydrogens (tertiary/aromatic N) is 1. The topological polar surface area (TPSA) is 65.4 Å². The third-order valence-corrected chi connectivity index (χ3v) is 2.67. The molecule has 3 N–H and O–H groups in total. The smallest absolute Gasteiger partial charge is 0.426 e. The fourth-order valence-electron chi connectivity index (χ4n) is 1.67. The molecule has 1 unspecified atom stereocenters. The summed E-state index contributed by atoms with van der Waals surface area (Å²) in [6.45, 7) is 3.89. The van der Waals surface area contributed by atoms with Crippen LogP contribution in [-0.4, -0.2) is 22.2 Å². The molecule has 2 rings (SSSR count). The molecule has 2 heterocycles. The van der Waals surface area contributed by atoms with E-state index in [4.69, 9.17) is 0 Å². The lowest BCUT2D eigenvalue weighted by Crippen LogP contribution is -2.26. The molecule has 5 heteroatoms. The van der Waals surface area contributed by atoms with Crippen molar-refractivity contribution in [2.24, 2.45) is 0 Å². The van der Waals surface area contributed by atoms with Gasteiger partial charge in [0.25, 0.3) is 0 Å². The molecule has 1 aromatic rings. The van der Waals surface area contributed by atoms with Crippen molar-refractivity contribution in [2.45, 2.75) is 19.7 Å². The standard InChI is InChI=1S/C10H13BN2O2/c1-6-5-9-10(13-7(6)2)8(11(14)15)3-4-12-9/h3-5,8,12,14-15H,1-2H3. The van der Waals surface area contributed by atoms with Gasteiger partial charge in [0.1, 0.15) is 0 Å². The van der Waals surface area contributed by atoms with Crippen LogP contribution in [0.3, 0.4) is 0 Å². The number of nitrogens with one attached hydrogen (secondary N) is 1. The third kappa shape index (κ3) is 1.76. The van der Waals surface area contributed by atoms with Crippen molar-refractivity contribution in [3.8, 4) is 0 Å². The van der Waals surface area contributed by atoms with E-state index >= 15 is 0 Å². The van der Waals surface area contributed by atoms with E-state index in [9.17, 15) is 10.0 Å². The monoisotopic (exact) mass is 204 g/mol.